The Balaban J connectivity index is 1.42. The zero-order valence-corrected chi connectivity index (χ0v) is 15.8. The molecule has 3 heterocycles. The molecule has 2 aliphatic heterocycles. The average Bonchev–Trinajstić information content (AvgIpc) is 3.26. The topological polar surface area (TPSA) is 28.6 Å². The summed E-state index contributed by atoms with van der Waals surface area (Å²) in [6.45, 7) is 5.30. The molecule has 0 aliphatic carbocycles. The summed E-state index contributed by atoms with van der Waals surface area (Å²) in [7, 11) is 1.82. The molecule has 2 saturated heterocycles. The highest BCUT2D eigenvalue weighted by Gasteiger charge is 2.45. The van der Waals surface area contributed by atoms with Crippen LogP contribution in [-0.4, -0.2) is 49.3 Å². The summed E-state index contributed by atoms with van der Waals surface area (Å²) in [5.41, 5.74) is 1.81. The van der Waals surface area contributed by atoms with E-state index >= 15 is 0 Å². The number of benzene rings is 1. The van der Waals surface area contributed by atoms with Crippen LogP contribution in [0.5, 0.6) is 0 Å². The molecule has 0 N–H and O–H groups in total. The number of hydrogen-bond donors (Lipinski definition) is 0. The molecule has 0 bridgehead atoms. The van der Waals surface area contributed by atoms with Gasteiger partial charge >= 0.3 is 0 Å². The number of thiazole rings is 1. The minimum atomic E-state index is 0.450. The lowest BCUT2D eigenvalue weighted by molar-refractivity contribution is 0.111. The Morgan fingerprint density at radius 2 is 2.04 bits per heavy atom. The van der Waals surface area contributed by atoms with Crippen molar-refractivity contribution in [3.05, 3.63) is 46.9 Å². The zero-order chi connectivity index (χ0) is 17.1. The minimum Gasteiger partial charge on any atom is -0.383 e. The maximum Gasteiger partial charge on any atom is 0.107 e. The molecule has 25 heavy (non-hydrogen) atoms. The summed E-state index contributed by atoms with van der Waals surface area (Å²) in [4.78, 5) is 9.64. The Kier molecular flexibility index (Phi) is 5.06. The van der Waals surface area contributed by atoms with Gasteiger partial charge < -0.3 is 9.64 Å². The number of aromatic nitrogens is 1. The minimum absolute atomic E-state index is 0.450. The van der Waals surface area contributed by atoms with Crippen LogP contribution in [0.4, 0.5) is 5.69 Å². The number of nitrogens with zero attached hydrogens (tertiary/aromatic N) is 3. The van der Waals surface area contributed by atoms with Gasteiger partial charge in [0.15, 0.2) is 0 Å². The quantitative estimate of drug-likeness (QED) is 0.817. The molecule has 1 aromatic heterocycles. The van der Waals surface area contributed by atoms with E-state index in [-0.39, 0.29) is 0 Å². The Morgan fingerprint density at radius 3 is 2.72 bits per heavy atom. The van der Waals surface area contributed by atoms with Gasteiger partial charge in [-0.25, -0.2) is 4.98 Å². The van der Waals surface area contributed by atoms with Crippen LogP contribution in [0.15, 0.2) is 41.9 Å². The molecule has 1 aromatic carbocycles. The number of methoxy groups -OCH3 is 1. The molecule has 2 fully saturated rings. The van der Waals surface area contributed by atoms with Gasteiger partial charge in [0.2, 0.25) is 0 Å². The van der Waals surface area contributed by atoms with Gasteiger partial charge in [-0.15, -0.1) is 11.3 Å². The number of ether oxygens (including phenoxy) is 1. The Morgan fingerprint density at radius 1 is 1.24 bits per heavy atom. The standard InChI is InChI=1S/C20H27N3OS/c1-24-15-18-13-20(16-23(18)14-19-21-9-12-25-19)7-10-22(11-8-20)17-5-3-2-4-6-17/h2-6,9,12,18H,7-8,10-11,13-16H2,1H3. The summed E-state index contributed by atoms with van der Waals surface area (Å²) >= 11 is 1.76. The van der Waals surface area contributed by atoms with E-state index in [1.807, 2.05) is 13.3 Å². The van der Waals surface area contributed by atoms with Crippen LogP contribution in [0.2, 0.25) is 0 Å². The van der Waals surface area contributed by atoms with E-state index in [1.54, 1.807) is 11.3 Å². The first-order valence-corrected chi connectivity index (χ1v) is 10.1. The number of rotatable bonds is 5. The fraction of sp³-hybridized carbons (Fsp3) is 0.550. The second-order valence-electron chi connectivity index (χ2n) is 7.47. The first-order chi connectivity index (χ1) is 12.3. The van der Waals surface area contributed by atoms with E-state index in [9.17, 15) is 0 Å². The predicted molar refractivity (Wildman–Crippen MR) is 103 cm³/mol. The highest BCUT2D eigenvalue weighted by atomic mass is 32.1. The maximum absolute atomic E-state index is 5.53. The molecular weight excluding hydrogens is 330 g/mol. The van der Waals surface area contributed by atoms with Crippen molar-refractivity contribution >= 4 is 17.0 Å². The molecule has 0 saturated carbocycles. The van der Waals surface area contributed by atoms with E-state index in [0.717, 1.165) is 26.2 Å². The Bertz CT molecular complexity index is 653. The van der Waals surface area contributed by atoms with Gasteiger partial charge in [0.1, 0.15) is 5.01 Å². The molecule has 0 radical (unpaired) electrons. The number of piperidine rings is 1. The summed E-state index contributed by atoms with van der Waals surface area (Å²) in [6, 6.07) is 11.4. The highest BCUT2D eigenvalue weighted by molar-refractivity contribution is 7.09. The molecule has 1 atom stereocenters. The van der Waals surface area contributed by atoms with Crippen LogP contribution in [0.25, 0.3) is 0 Å². The third-order valence-corrected chi connectivity index (χ3v) is 6.61. The van der Waals surface area contributed by atoms with Crippen LogP contribution in [-0.2, 0) is 11.3 Å². The molecule has 2 aromatic rings. The SMILES string of the molecule is COCC1CC2(CCN(c3ccccc3)CC2)CN1Cc1nccs1. The molecule has 4 rings (SSSR count). The third-order valence-electron chi connectivity index (χ3n) is 5.85. The largest absolute Gasteiger partial charge is 0.383 e. The molecule has 4 nitrogen and oxygen atoms in total. The zero-order valence-electron chi connectivity index (χ0n) is 14.9. The lowest BCUT2D eigenvalue weighted by Gasteiger charge is -2.40. The van der Waals surface area contributed by atoms with Crippen molar-refractivity contribution in [2.24, 2.45) is 5.41 Å². The van der Waals surface area contributed by atoms with Crippen molar-refractivity contribution in [1.82, 2.24) is 9.88 Å². The van der Waals surface area contributed by atoms with Crippen LogP contribution in [0, 0.1) is 5.41 Å². The average molecular weight is 358 g/mol. The van der Waals surface area contributed by atoms with E-state index in [0.29, 0.717) is 11.5 Å². The fourth-order valence-corrected chi connectivity index (χ4v) is 5.18. The number of para-hydroxylation sites is 1. The smallest absolute Gasteiger partial charge is 0.107 e. The lowest BCUT2D eigenvalue weighted by Crippen LogP contribution is -2.41. The van der Waals surface area contributed by atoms with Crippen molar-refractivity contribution in [2.75, 3.05) is 38.3 Å². The maximum atomic E-state index is 5.53. The van der Waals surface area contributed by atoms with Gasteiger partial charge in [0.05, 0.1) is 13.2 Å². The molecule has 1 spiro atoms. The number of hydrogen-bond acceptors (Lipinski definition) is 5. The van der Waals surface area contributed by atoms with Crippen molar-refractivity contribution in [1.29, 1.82) is 0 Å². The van der Waals surface area contributed by atoms with Crippen molar-refractivity contribution in [3.8, 4) is 0 Å². The van der Waals surface area contributed by atoms with Crippen LogP contribution in [0.3, 0.4) is 0 Å². The molecule has 0 amide bonds. The van der Waals surface area contributed by atoms with E-state index in [4.69, 9.17) is 4.74 Å². The normalized spacial score (nSPS) is 23.4. The van der Waals surface area contributed by atoms with Crippen molar-refractivity contribution in [2.45, 2.75) is 31.8 Å². The first kappa shape index (κ1) is 17.0. The molecule has 2 aliphatic rings. The van der Waals surface area contributed by atoms with E-state index < -0.39 is 0 Å². The van der Waals surface area contributed by atoms with E-state index in [2.05, 4.69) is 50.5 Å². The second kappa shape index (κ2) is 7.44. The van der Waals surface area contributed by atoms with Crippen LogP contribution < -0.4 is 4.90 Å². The van der Waals surface area contributed by atoms with Crippen LogP contribution >= 0.6 is 11.3 Å². The van der Waals surface area contributed by atoms with E-state index in [1.165, 1.54) is 36.5 Å². The molecular formula is C20H27N3OS. The molecule has 5 heteroatoms. The molecule has 134 valence electrons. The molecule has 1 unspecified atom stereocenters. The van der Waals surface area contributed by atoms with Gasteiger partial charge in [0, 0.05) is 50.1 Å². The van der Waals surface area contributed by atoms with Gasteiger partial charge in [-0.3, -0.25) is 4.90 Å². The number of anilines is 1. The summed E-state index contributed by atoms with van der Waals surface area (Å²) in [5, 5.41) is 3.30. The summed E-state index contributed by atoms with van der Waals surface area (Å²) < 4.78 is 5.53. The van der Waals surface area contributed by atoms with Crippen molar-refractivity contribution < 1.29 is 4.74 Å². The Hall–Kier alpha value is -1.43. The number of likely N-dealkylation sites (tertiary alicyclic amines) is 1. The Labute approximate surface area is 154 Å². The van der Waals surface area contributed by atoms with Gasteiger partial charge in [-0.05, 0) is 36.8 Å². The lowest BCUT2D eigenvalue weighted by atomic mass is 9.76. The summed E-state index contributed by atoms with van der Waals surface area (Å²) in [5.74, 6) is 0. The fourth-order valence-electron chi connectivity index (χ4n) is 4.54. The first-order valence-electron chi connectivity index (χ1n) is 9.19. The highest BCUT2D eigenvalue weighted by Crippen LogP contribution is 2.44. The third kappa shape index (κ3) is 3.73. The second-order valence-corrected chi connectivity index (χ2v) is 8.45. The van der Waals surface area contributed by atoms with Gasteiger partial charge in [-0.2, -0.15) is 0 Å². The monoisotopic (exact) mass is 357 g/mol. The summed E-state index contributed by atoms with van der Waals surface area (Å²) in [6.07, 6.45) is 5.72. The van der Waals surface area contributed by atoms with Gasteiger partial charge in [-0.1, -0.05) is 18.2 Å². The van der Waals surface area contributed by atoms with Crippen molar-refractivity contribution in [3.63, 3.8) is 0 Å². The van der Waals surface area contributed by atoms with Crippen LogP contribution in [0.1, 0.15) is 24.3 Å². The predicted octanol–water partition coefficient (Wildman–Crippen LogP) is 3.65. The van der Waals surface area contributed by atoms with Gasteiger partial charge in [0.25, 0.3) is 0 Å².